The van der Waals surface area contributed by atoms with Crippen LogP contribution < -0.4 is 5.73 Å². The van der Waals surface area contributed by atoms with Crippen LogP contribution in [0.4, 0.5) is 0 Å². The Hall–Kier alpha value is -1.39. The molecule has 122 valence electrons. The van der Waals surface area contributed by atoms with Gasteiger partial charge in [-0.2, -0.15) is 0 Å². The Bertz CT molecular complexity index is 474. The SMILES string of the molecule is CCN(Cc1ccccc1)C1CCN(C(=O)[C@@H](N)C(C)C)C1. The second-order valence-electron chi connectivity index (χ2n) is 6.55. The minimum Gasteiger partial charge on any atom is -0.340 e. The molecule has 2 atom stereocenters. The molecule has 1 fully saturated rings. The van der Waals surface area contributed by atoms with E-state index < -0.39 is 0 Å². The Morgan fingerprint density at radius 2 is 2.05 bits per heavy atom. The highest BCUT2D eigenvalue weighted by Crippen LogP contribution is 2.19. The average Bonchev–Trinajstić information content (AvgIpc) is 3.01. The normalized spacial score (nSPS) is 19.9. The maximum atomic E-state index is 12.4. The zero-order valence-electron chi connectivity index (χ0n) is 14.0. The number of carbonyl (C=O) groups is 1. The van der Waals surface area contributed by atoms with Crippen molar-refractivity contribution < 1.29 is 4.79 Å². The molecule has 1 aliphatic rings. The Morgan fingerprint density at radius 1 is 1.36 bits per heavy atom. The smallest absolute Gasteiger partial charge is 0.239 e. The monoisotopic (exact) mass is 303 g/mol. The number of carbonyl (C=O) groups excluding carboxylic acids is 1. The fourth-order valence-electron chi connectivity index (χ4n) is 3.05. The van der Waals surface area contributed by atoms with Gasteiger partial charge in [-0.3, -0.25) is 9.69 Å². The molecular formula is C18H29N3O. The molecule has 1 aromatic rings. The molecule has 1 heterocycles. The molecule has 0 aromatic heterocycles. The number of likely N-dealkylation sites (tertiary alicyclic amines) is 1. The molecule has 2 rings (SSSR count). The first-order valence-corrected chi connectivity index (χ1v) is 8.35. The van der Waals surface area contributed by atoms with Crippen LogP contribution >= 0.6 is 0 Å². The maximum Gasteiger partial charge on any atom is 0.239 e. The molecule has 22 heavy (non-hydrogen) atoms. The zero-order chi connectivity index (χ0) is 16.1. The Morgan fingerprint density at radius 3 is 2.64 bits per heavy atom. The quantitative estimate of drug-likeness (QED) is 0.875. The summed E-state index contributed by atoms with van der Waals surface area (Å²) < 4.78 is 0. The summed E-state index contributed by atoms with van der Waals surface area (Å²) in [7, 11) is 0. The van der Waals surface area contributed by atoms with Crippen LogP contribution in [0.2, 0.25) is 0 Å². The van der Waals surface area contributed by atoms with Crippen LogP contribution in [0, 0.1) is 5.92 Å². The van der Waals surface area contributed by atoms with Gasteiger partial charge in [-0.05, 0) is 24.4 Å². The highest BCUT2D eigenvalue weighted by atomic mass is 16.2. The summed E-state index contributed by atoms with van der Waals surface area (Å²) in [4.78, 5) is 16.8. The van der Waals surface area contributed by atoms with Crippen molar-refractivity contribution in [2.45, 2.75) is 45.8 Å². The number of nitrogens with two attached hydrogens (primary N) is 1. The molecule has 1 aliphatic heterocycles. The van der Waals surface area contributed by atoms with E-state index in [0.29, 0.717) is 6.04 Å². The van der Waals surface area contributed by atoms with E-state index in [4.69, 9.17) is 5.73 Å². The maximum absolute atomic E-state index is 12.4. The van der Waals surface area contributed by atoms with Gasteiger partial charge in [-0.15, -0.1) is 0 Å². The van der Waals surface area contributed by atoms with Gasteiger partial charge in [0.1, 0.15) is 0 Å². The summed E-state index contributed by atoms with van der Waals surface area (Å²) >= 11 is 0. The first kappa shape index (κ1) is 17.0. The van der Waals surface area contributed by atoms with Crippen LogP contribution in [0.5, 0.6) is 0 Å². The molecule has 0 spiro atoms. The standard InChI is InChI=1S/C18H29N3O/c1-4-20(12-15-8-6-5-7-9-15)16-10-11-21(13-16)18(22)17(19)14(2)3/h5-9,14,16-17H,4,10-13,19H2,1-3H3/t16?,17-/m0/s1. The Kier molecular flexibility index (Phi) is 5.98. The van der Waals surface area contributed by atoms with Gasteiger partial charge in [0.2, 0.25) is 5.91 Å². The molecule has 2 N–H and O–H groups in total. The lowest BCUT2D eigenvalue weighted by molar-refractivity contribution is -0.132. The van der Waals surface area contributed by atoms with E-state index >= 15 is 0 Å². The van der Waals surface area contributed by atoms with E-state index in [-0.39, 0.29) is 17.9 Å². The number of hydrogen-bond donors (Lipinski definition) is 1. The minimum absolute atomic E-state index is 0.105. The lowest BCUT2D eigenvalue weighted by Crippen LogP contribution is -2.47. The zero-order valence-corrected chi connectivity index (χ0v) is 14.0. The van der Waals surface area contributed by atoms with Gasteiger partial charge in [0, 0.05) is 25.7 Å². The number of hydrogen-bond acceptors (Lipinski definition) is 3. The molecule has 4 nitrogen and oxygen atoms in total. The summed E-state index contributed by atoms with van der Waals surface area (Å²) in [6.07, 6.45) is 1.04. The largest absolute Gasteiger partial charge is 0.340 e. The highest BCUT2D eigenvalue weighted by molar-refractivity contribution is 5.82. The van der Waals surface area contributed by atoms with Crippen LogP contribution in [-0.4, -0.2) is 47.4 Å². The molecule has 0 aliphatic carbocycles. The van der Waals surface area contributed by atoms with Crippen molar-refractivity contribution in [1.82, 2.24) is 9.80 Å². The predicted molar refractivity (Wildman–Crippen MR) is 90.3 cm³/mol. The number of rotatable bonds is 6. The van der Waals surface area contributed by atoms with Gasteiger partial charge < -0.3 is 10.6 Å². The van der Waals surface area contributed by atoms with E-state index in [1.807, 2.05) is 24.8 Å². The third-order valence-electron chi connectivity index (χ3n) is 4.63. The average molecular weight is 303 g/mol. The van der Waals surface area contributed by atoms with Crippen molar-refractivity contribution in [1.29, 1.82) is 0 Å². The molecule has 1 unspecified atom stereocenters. The number of nitrogens with zero attached hydrogens (tertiary/aromatic N) is 2. The highest BCUT2D eigenvalue weighted by Gasteiger charge is 2.32. The van der Waals surface area contributed by atoms with Crippen molar-refractivity contribution in [3.63, 3.8) is 0 Å². The van der Waals surface area contributed by atoms with Gasteiger partial charge in [0.25, 0.3) is 0 Å². The van der Waals surface area contributed by atoms with Crippen molar-refractivity contribution in [3.05, 3.63) is 35.9 Å². The van der Waals surface area contributed by atoms with Crippen LogP contribution in [0.25, 0.3) is 0 Å². The van der Waals surface area contributed by atoms with Crippen LogP contribution in [0.15, 0.2) is 30.3 Å². The summed E-state index contributed by atoms with van der Waals surface area (Å²) in [5.41, 5.74) is 7.34. The fourth-order valence-corrected chi connectivity index (χ4v) is 3.05. The van der Waals surface area contributed by atoms with E-state index in [0.717, 1.165) is 32.6 Å². The summed E-state index contributed by atoms with van der Waals surface area (Å²) in [5.74, 6) is 0.298. The number of likely N-dealkylation sites (N-methyl/N-ethyl adjacent to an activating group) is 1. The van der Waals surface area contributed by atoms with Gasteiger partial charge in [0.15, 0.2) is 0 Å². The molecule has 4 heteroatoms. The molecule has 1 saturated heterocycles. The van der Waals surface area contributed by atoms with Gasteiger partial charge in [-0.25, -0.2) is 0 Å². The van der Waals surface area contributed by atoms with Crippen molar-refractivity contribution >= 4 is 5.91 Å². The molecule has 0 radical (unpaired) electrons. The summed E-state index contributed by atoms with van der Waals surface area (Å²) in [6, 6.07) is 10.6. The number of benzene rings is 1. The van der Waals surface area contributed by atoms with E-state index in [2.05, 4.69) is 36.1 Å². The summed E-state index contributed by atoms with van der Waals surface area (Å²) in [5, 5.41) is 0. The van der Waals surface area contributed by atoms with Crippen LogP contribution in [0.3, 0.4) is 0 Å². The van der Waals surface area contributed by atoms with Gasteiger partial charge in [0.05, 0.1) is 6.04 Å². The van der Waals surface area contributed by atoms with E-state index in [1.54, 1.807) is 0 Å². The number of amides is 1. The lowest BCUT2D eigenvalue weighted by atomic mass is 10.0. The van der Waals surface area contributed by atoms with Gasteiger partial charge >= 0.3 is 0 Å². The predicted octanol–water partition coefficient (Wildman–Crippen LogP) is 2.09. The first-order chi connectivity index (χ1) is 10.5. The van der Waals surface area contributed by atoms with Crippen molar-refractivity contribution in [2.75, 3.05) is 19.6 Å². The Labute approximate surface area is 134 Å². The van der Waals surface area contributed by atoms with Crippen LogP contribution in [-0.2, 0) is 11.3 Å². The summed E-state index contributed by atoms with van der Waals surface area (Å²) in [6.45, 7) is 9.77. The van der Waals surface area contributed by atoms with E-state index in [1.165, 1.54) is 5.56 Å². The second-order valence-corrected chi connectivity index (χ2v) is 6.55. The lowest BCUT2D eigenvalue weighted by Gasteiger charge is -2.28. The van der Waals surface area contributed by atoms with Gasteiger partial charge in [-0.1, -0.05) is 51.1 Å². The van der Waals surface area contributed by atoms with E-state index in [9.17, 15) is 4.79 Å². The van der Waals surface area contributed by atoms with Crippen molar-refractivity contribution in [3.8, 4) is 0 Å². The topological polar surface area (TPSA) is 49.6 Å². The van der Waals surface area contributed by atoms with Crippen LogP contribution in [0.1, 0.15) is 32.8 Å². The fraction of sp³-hybridized carbons (Fsp3) is 0.611. The molecule has 1 amide bonds. The second kappa shape index (κ2) is 7.75. The Balaban J connectivity index is 1.94. The molecule has 0 saturated carbocycles. The molecule has 1 aromatic carbocycles. The molecular weight excluding hydrogens is 274 g/mol. The van der Waals surface area contributed by atoms with Crippen molar-refractivity contribution in [2.24, 2.45) is 11.7 Å². The molecule has 0 bridgehead atoms. The first-order valence-electron chi connectivity index (χ1n) is 8.35. The third-order valence-corrected chi connectivity index (χ3v) is 4.63. The minimum atomic E-state index is -0.372. The third kappa shape index (κ3) is 4.08.